The maximum atomic E-state index is 11.0. The minimum Gasteiger partial charge on any atom is -0.484 e. The van der Waals surface area contributed by atoms with E-state index in [1.165, 1.54) is 6.07 Å². The largest absolute Gasteiger partial charge is 0.484 e. The fraction of sp³-hybridized carbons (Fsp3) is 0.308. The van der Waals surface area contributed by atoms with Gasteiger partial charge in [-0.15, -0.1) is 0 Å². The second-order valence-electron chi connectivity index (χ2n) is 4.09. The van der Waals surface area contributed by atoms with Crippen LogP contribution < -0.4 is 4.74 Å². The highest BCUT2D eigenvalue weighted by atomic mass is 79.9. The molecule has 0 fully saturated rings. The third kappa shape index (κ3) is 3.57. The first-order valence-electron chi connectivity index (χ1n) is 6.07. The molecular formula is C13H13BrN2O4. The second-order valence-corrected chi connectivity index (χ2v) is 4.94. The number of aromatic nitrogens is 2. The van der Waals surface area contributed by atoms with Crippen molar-refractivity contribution in [3.05, 3.63) is 40.0 Å². The van der Waals surface area contributed by atoms with Crippen LogP contribution >= 0.6 is 15.9 Å². The molecule has 2 aromatic rings. The maximum Gasteiger partial charge on any atom is 0.336 e. The number of rotatable bonds is 6. The summed E-state index contributed by atoms with van der Waals surface area (Å²) in [5.41, 5.74) is 0.139. The average molecular weight is 341 g/mol. The van der Waals surface area contributed by atoms with E-state index in [2.05, 4.69) is 26.1 Å². The second kappa shape index (κ2) is 6.51. The summed E-state index contributed by atoms with van der Waals surface area (Å²) in [7, 11) is 0. The number of benzene rings is 1. The minimum atomic E-state index is -1.02. The summed E-state index contributed by atoms with van der Waals surface area (Å²) in [4.78, 5) is 15.2. The fourth-order valence-corrected chi connectivity index (χ4v) is 1.99. The molecule has 2 rings (SSSR count). The van der Waals surface area contributed by atoms with Crippen LogP contribution in [0.3, 0.4) is 0 Å². The van der Waals surface area contributed by atoms with Crippen molar-refractivity contribution in [2.75, 3.05) is 0 Å². The van der Waals surface area contributed by atoms with Crippen LogP contribution in [0.2, 0.25) is 0 Å². The molecule has 0 aliphatic heterocycles. The normalized spacial score (nSPS) is 10.5. The van der Waals surface area contributed by atoms with Gasteiger partial charge in [0.25, 0.3) is 5.89 Å². The highest BCUT2D eigenvalue weighted by Crippen LogP contribution is 2.23. The summed E-state index contributed by atoms with van der Waals surface area (Å²) in [6.07, 6.45) is 1.69. The molecule has 0 bridgehead atoms. The molecule has 0 unspecified atom stereocenters. The number of aromatic carboxylic acids is 1. The first-order chi connectivity index (χ1) is 9.60. The number of carbonyl (C=O) groups is 1. The molecule has 1 aromatic heterocycles. The van der Waals surface area contributed by atoms with Crippen molar-refractivity contribution in [2.45, 2.75) is 26.4 Å². The van der Waals surface area contributed by atoms with Gasteiger partial charge in [-0.05, 0) is 40.5 Å². The molecule has 0 spiro atoms. The number of hydrogen-bond donors (Lipinski definition) is 1. The van der Waals surface area contributed by atoms with Crippen LogP contribution in [-0.2, 0) is 13.0 Å². The topological polar surface area (TPSA) is 85.5 Å². The molecule has 0 saturated heterocycles. The summed E-state index contributed by atoms with van der Waals surface area (Å²) in [5.74, 6) is 0.424. The third-order valence-corrected chi connectivity index (χ3v) is 3.21. The molecule has 0 aliphatic carbocycles. The molecule has 7 heteroatoms. The fourth-order valence-electron chi connectivity index (χ4n) is 1.58. The zero-order chi connectivity index (χ0) is 14.5. The summed E-state index contributed by atoms with van der Waals surface area (Å²) in [5, 5.41) is 12.8. The van der Waals surface area contributed by atoms with Gasteiger partial charge in [0, 0.05) is 10.9 Å². The van der Waals surface area contributed by atoms with E-state index in [1.54, 1.807) is 12.1 Å². The molecule has 0 atom stereocenters. The van der Waals surface area contributed by atoms with Crippen molar-refractivity contribution >= 4 is 21.9 Å². The Hall–Kier alpha value is -1.89. The van der Waals surface area contributed by atoms with Gasteiger partial charge in [-0.2, -0.15) is 4.98 Å². The van der Waals surface area contributed by atoms with Crippen molar-refractivity contribution in [3.63, 3.8) is 0 Å². The molecule has 0 radical (unpaired) electrons. The van der Waals surface area contributed by atoms with Gasteiger partial charge in [-0.1, -0.05) is 12.1 Å². The third-order valence-electron chi connectivity index (χ3n) is 2.51. The van der Waals surface area contributed by atoms with Gasteiger partial charge in [0.1, 0.15) is 5.75 Å². The highest BCUT2D eigenvalue weighted by Gasteiger charge is 2.11. The number of carboxylic acids is 1. The van der Waals surface area contributed by atoms with Gasteiger partial charge in [-0.25, -0.2) is 4.79 Å². The van der Waals surface area contributed by atoms with Crippen molar-refractivity contribution in [2.24, 2.45) is 0 Å². The number of ether oxygens (including phenoxy) is 1. The molecule has 0 aliphatic rings. The summed E-state index contributed by atoms with van der Waals surface area (Å²) in [6.45, 7) is 2.14. The lowest BCUT2D eigenvalue weighted by Gasteiger charge is -2.05. The Labute approximate surface area is 123 Å². The van der Waals surface area contributed by atoms with E-state index in [9.17, 15) is 4.79 Å². The van der Waals surface area contributed by atoms with Crippen molar-refractivity contribution < 1.29 is 19.2 Å². The standard InChI is InChI=1S/C13H13BrN2O4/c1-2-3-11-15-12(20-16-11)7-19-8-4-5-10(14)9(6-8)13(17)18/h4-6H,2-3,7H2,1H3,(H,17,18). The predicted octanol–water partition coefficient (Wildman–Crippen LogP) is 3.06. The van der Waals surface area contributed by atoms with Crippen LogP contribution in [-0.4, -0.2) is 21.2 Å². The summed E-state index contributed by atoms with van der Waals surface area (Å²) >= 11 is 3.17. The van der Waals surface area contributed by atoms with E-state index in [0.717, 1.165) is 12.8 Å². The zero-order valence-electron chi connectivity index (χ0n) is 10.8. The number of halogens is 1. The van der Waals surface area contributed by atoms with Crippen LogP contribution in [0.15, 0.2) is 27.2 Å². The Balaban J connectivity index is 2.03. The number of nitrogens with zero attached hydrogens (tertiary/aromatic N) is 2. The average Bonchev–Trinajstić information content (AvgIpc) is 2.86. The first kappa shape index (κ1) is 14.5. The van der Waals surface area contributed by atoms with Crippen LogP contribution in [0.4, 0.5) is 0 Å². The van der Waals surface area contributed by atoms with E-state index >= 15 is 0 Å². The molecule has 0 amide bonds. The van der Waals surface area contributed by atoms with Gasteiger partial charge >= 0.3 is 5.97 Å². The molecule has 1 N–H and O–H groups in total. The Kier molecular flexibility index (Phi) is 4.73. The first-order valence-corrected chi connectivity index (χ1v) is 6.86. The van der Waals surface area contributed by atoms with Gasteiger partial charge in [0.2, 0.25) is 0 Å². The molecular weight excluding hydrogens is 328 g/mol. The lowest BCUT2D eigenvalue weighted by molar-refractivity contribution is 0.0695. The van der Waals surface area contributed by atoms with E-state index in [0.29, 0.717) is 21.9 Å². The maximum absolute atomic E-state index is 11.0. The lowest BCUT2D eigenvalue weighted by Crippen LogP contribution is -2.00. The Morgan fingerprint density at radius 3 is 3.00 bits per heavy atom. The molecule has 0 saturated carbocycles. The van der Waals surface area contributed by atoms with E-state index < -0.39 is 5.97 Å². The van der Waals surface area contributed by atoms with Crippen LogP contribution in [0, 0.1) is 0 Å². The van der Waals surface area contributed by atoms with Gasteiger partial charge in [0.05, 0.1) is 5.56 Å². The van der Waals surface area contributed by atoms with E-state index in [-0.39, 0.29) is 12.2 Å². The summed E-state index contributed by atoms with van der Waals surface area (Å²) < 4.78 is 11.0. The van der Waals surface area contributed by atoms with Gasteiger partial charge < -0.3 is 14.4 Å². The van der Waals surface area contributed by atoms with Gasteiger partial charge in [0.15, 0.2) is 12.4 Å². The van der Waals surface area contributed by atoms with E-state index in [4.69, 9.17) is 14.4 Å². The molecule has 6 nitrogen and oxygen atoms in total. The van der Waals surface area contributed by atoms with Crippen molar-refractivity contribution in [1.82, 2.24) is 10.1 Å². The molecule has 1 heterocycles. The van der Waals surface area contributed by atoms with E-state index in [1.807, 2.05) is 6.92 Å². The SMILES string of the molecule is CCCc1noc(COc2ccc(Br)c(C(=O)O)c2)n1. The monoisotopic (exact) mass is 340 g/mol. The Bertz CT molecular complexity index is 612. The molecule has 1 aromatic carbocycles. The Morgan fingerprint density at radius 2 is 2.30 bits per heavy atom. The van der Waals surface area contributed by atoms with Crippen LogP contribution in [0.1, 0.15) is 35.4 Å². The quantitative estimate of drug-likeness (QED) is 0.869. The summed E-state index contributed by atoms with van der Waals surface area (Å²) in [6, 6.07) is 4.73. The van der Waals surface area contributed by atoms with Crippen LogP contribution in [0.25, 0.3) is 0 Å². The van der Waals surface area contributed by atoms with Crippen LogP contribution in [0.5, 0.6) is 5.75 Å². The molecule has 106 valence electrons. The highest BCUT2D eigenvalue weighted by molar-refractivity contribution is 9.10. The van der Waals surface area contributed by atoms with Crippen molar-refractivity contribution in [1.29, 1.82) is 0 Å². The predicted molar refractivity (Wildman–Crippen MR) is 73.7 cm³/mol. The number of aryl methyl sites for hydroxylation is 1. The van der Waals surface area contributed by atoms with Gasteiger partial charge in [-0.3, -0.25) is 0 Å². The zero-order valence-corrected chi connectivity index (χ0v) is 12.4. The van der Waals surface area contributed by atoms with Crippen molar-refractivity contribution in [3.8, 4) is 5.75 Å². The number of hydrogen-bond acceptors (Lipinski definition) is 5. The number of carboxylic acid groups (broad SMARTS) is 1. The smallest absolute Gasteiger partial charge is 0.336 e. The minimum absolute atomic E-state index is 0.109. The lowest BCUT2D eigenvalue weighted by atomic mass is 10.2. The Morgan fingerprint density at radius 1 is 1.50 bits per heavy atom. The molecule has 20 heavy (non-hydrogen) atoms.